The quantitative estimate of drug-likeness (QED) is 0.344. The Kier molecular flexibility index (Phi) is 8.53. The lowest BCUT2D eigenvalue weighted by Crippen LogP contribution is -2.21. The van der Waals surface area contributed by atoms with E-state index in [1.54, 1.807) is 20.8 Å². The van der Waals surface area contributed by atoms with Gasteiger partial charge in [-0.25, -0.2) is 13.1 Å². The highest BCUT2D eigenvalue weighted by Crippen LogP contribution is 2.33. The fraction of sp³-hybridized carbons (Fsp3) is 0.500. The second kappa shape index (κ2) is 10.4. The van der Waals surface area contributed by atoms with E-state index in [4.69, 9.17) is 4.18 Å². The first-order valence-corrected chi connectivity index (χ1v) is 14.6. The second-order valence-corrected chi connectivity index (χ2v) is 12.7. The van der Waals surface area contributed by atoms with Gasteiger partial charge in [0.15, 0.2) is 15.6 Å². The molecule has 1 heterocycles. The van der Waals surface area contributed by atoms with Gasteiger partial charge in [0.1, 0.15) is 5.56 Å². The number of allylic oxidation sites excluding steroid dienone is 2. The van der Waals surface area contributed by atoms with Crippen molar-refractivity contribution in [1.82, 2.24) is 9.78 Å². The van der Waals surface area contributed by atoms with Crippen LogP contribution < -0.4 is 4.18 Å². The van der Waals surface area contributed by atoms with Crippen LogP contribution in [0.3, 0.4) is 0 Å². The van der Waals surface area contributed by atoms with Gasteiger partial charge in [-0.05, 0) is 68.9 Å². The SMILES string of the molecule is CCCn1ncc(C(=O)c2ccc(S(C)(=O)=O)c(C(C)=C(C)C)c2C)c1OS(=O)(=O)CC(C)C. The smallest absolute Gasteiger partial charge is 0.310 e. The van der Waals surface area contributed by atoms with Gasteiger partial charge in [0.05, 0.1) is 16.8 Å². The summed E-state index contributed by atoms with van der Waals surface area (Å²) in [6.07, 6.45) is 3.09. The van der Waals surface area contributed by atoms with Crippen LogP contribution in [0.2, 0.25) is 0 Å². The zero-order valence-corrected chi connectivity index (χ0v) is 22.7. The number of ketones is 1. The maximum absolute atomic E-state index is 13.6. The maximum atomic E-state index is 13.6. The van der Waals surface area contributed by atoms with Crippen molar-refractivity contribution in [3.8, 4) is 5.88 Å². The maximum Gasteiger partial charge on any atom is 0.310 e. The third-order valence-electron chi connectivity index (χ3n) is 5.41. The zero-order valence-electron chi connectivity index (χ0n) is 21.1. The van der Waals surface area contributed by atoms with Crippen LogP contribution in [0, 0.1) is 12.8 Å². The summed E-state index contributed by atoms with van der Waals surface area (Å²) in [7, 11) is -7.51. The van der Waals surface area contributed by atoms with Gasteiger partial charge in [-0.3, -0.25) is 4.79 Å². The van der Waals surface area contributed by atoms with Gasteiger partial charge in [0.25, 0.3) is 0 Å². The van der Waals surface area contributed by atoms with Gasteiger partial charge >= 0.3 is 10.1 Å². The van der Waals surface area contributed by atoms with Crippen molar-refractivity contribution in [1.29, 1.82) is 0 Å². The average Bonchev–Trinajstić information content (AvgIpc) is 3.06. The molecule has 10 heteroatoms. The fourth-order valence-electron chi connectivity index (χ4n) is 3.65. The summed E-state index contributed by atoms with van der Waals surface area (Å²) in [5.74, 6) is -0.978. The molecule has 0 aliphatic rings. The van der Waals surface area contributed by atoms with Crippen LogP contribution in [0.1, 0.15) is 75.0 Å². The van der Waals surface area contributed by atoms with Crippen LogP contribution >= 0.6 is 0 Å². The number of carbonyl (C=O) groups is 1. The first kappa shape index (κ1) is 27.8. The first-order valence-electron chi connectivity index (χ1n) is 11.1. The highest BCUT2D eigenvalue weighted by Gasteiger charge is 2.28. The highest BCUT2D eigenvalue weighted by atomic mass is 32.2. The van der Waals surface area contributed by atoms with Gasteiger partial charge in [0, 0.05) is 18.4 Å². The molecule has 0 radical (unpaired) electrons. The van der Waals surface area contributed by atoms with E-state index in [2.05, 4.69) is 5.10 Å². The van der Waals surface area contributed by atoms with Crippen LogP contribution in [0.4, 0.5) is 0 Å². The summed E-state index contributed by atoms with van der Waals surface area (Å²) >= 11 is 0. The van der Waals surface area contributed by atoms with Crippen molar-refractivity contribution < 1.29 is 25.8 Å². The summed E-state index contributed by atoms with van der Waals surface area (Å²) in [5, 5.41) is 4.19. The molecule has 0 saturated carbocycles. The van der Waals surface area contributed by atoms with E-state index in [-0.39, 0.29) is 33.6 Å². The van der Waals surface area contributed by atoms with Gasteiger partial charge in [0.2, 0.25) is 5.88 Å². The molecule has 0 aliphatic carbocycles. The molecule has 0 atom stereocenters. The predicted molar refractivity (Wildman–Crippen MR) is 133 cm³/mol. The molecular weight excluding hydrogens is 476 g/mol. The van der Waals surface area contributed by atoms with Crippen molar-refractivity contribution in [3.05, 3.63) is 46.2 Å². The average molecular weight is 511 g/mol. The van der Waals surface area contributed by atoms with Gasteiger partial charge in [-0.15, -0.1) is 0 Å². The number of aryl methyl sites for hydroxylation is 1. The highest BCUT2D eigenvalue weighted by molar-refractivity contribution is 7.90. The number of sulfone groups is 1. The number of rotatable bonds is 10. The Morgan fingerprint density at radius 2 is 1.71 bits per heavy atom. The Morgan fingerprint density at radius 1 is 1.09 bits per heavy atom. The topological polar surface area (TPSA) is 112 Å². The zero-order chi connectivity index (χ0) is 26.0. The minimum atomic E-state index is -3.95. The standard InChI is InChI=1S/C24H34N2O6S2/c1-9-12-26-24(32-34(30,31)14-15(2)3)20(13-25-26)23(27)19-10-11-21(33(8,28)29)22(18(19)7)17(6)16(4)5/h10-11,13,15H,9,12,14H2,1-8H3. The molecule has 188 valence electrons. The molecule has 8 nitrogen and oxygen atoms in total. The molecule has 0 N–H and O–H groups in total. The lowest BCUT2D eigenvalue weighted by molar-refractivity contribution is 0.103. The fourth-order valence-corrected chi connectivity index (χ4v) is 5.95. The minimum Gasteiger partial charge on any atom is -0.361 e. The number of nitrogens with zero attached hydrogens (tertiary/aromatic N) is 2. The first-order chi connectivity index (χ1) is 15.6. The third kappa shape index (κ3) is 6.15. The molecule has 0 unspecified atom stereocenters. The van der Waals surface area contributed by atoms with Gasteiger partial charge < -0.3 is 4.18 Å². The van der Waals surface area contributed by atoms with E-state index in [1.807, 2.05) is 27.7 Å². The van der Waals surface area contributed by atoms with E-state index in [0.717, 1.165) is 17.4 Å². The molecule has 1 aromatic heterocycles. The molecule has 0 fully saturated rings. The monoisotopic (exact) mass is 510 g/mol. The molecule has 0 bridgehead atoms. The van der Waals surface area contributed by atoms with E-state index in [9.17, 15) is 21.6 Å². The normalized spacial score (nSPS) is 12.1. The van der Waals surface area contributed by atoms with Crippen molar-refractivity contribution in [3.63, 3.8) is 0 Å². The molecule has 2 aromatic rings. The molecule has 0 spiro atoms. The van der Waals surface area contributed by atoms with E-state index >= 15 is 0 Å². The molecule has 0 amide bonds. The number of hydrogen-bond acceptors (Lipinski definition) is 7. The summed E-state index contributed by atoms with van der Waals surface area (Å²) in [4.78, 5) is 13.8. The van der Waals surface area contributed by atoms with Gasteiger partial charge in [-0.1, -0.05) is 26.3 Å². The lowest BCUT2D eigenvalue weighted by atomic mass is 9.91. The van der Waals surface area contributed by atoms with E-state index in [0.29, 0.717) is 24.1 Å². The van der Waals surface area contributed by atoms with E-state index < -0.39 is 25.7 Å². The number of hydrogen-bond donors (Lipinski definition) is 0. The Morgan fingerprint density at radius 3 is 2.21 bits per heavy atom. The largest absolute Gasteiger partial charge is 0.361 e. The number of carbonyl (C=O) groups excluding carboxylic acids is 1. The molecule has 34 heavy (non-hydrogen) atoms. The third-order valence-corrected chi connectivity index (χ3v) is 8.04. The molecule has 2 rings (SSSR count). The Labute approximate surface area is 203 Å². The van der Waals surface area contributed by atoms with E-state index in [1.165, 1.54) is 23.0 Å². The van der Waals surface area contributed by atoms with Crippen LogP contribution in [0.25, 0.3) is 5.57 Å². The number of benzene rings is 1. The predicted octanol–water partition coefficient (Wildman–Crippen LogP) is 4.41. The van der Waals surface area contributed by atoms with Crippen molar-refractivity contribution in [2.45, 2.75) is 66.3 Å². The molecule has 1 aromatic carbocycles. The molecule has 0 saturated heterocycles. The summed E-state index contributed by atoms with van der Waals surface area (Å²) in [6.45, 7) is 13.0. The molecule has 0 aliphatic heterocycles. The Bertz CT molecular complexity index is 1330. The van der Waals surface area contributed by atoms with Crippen LogP contribution in [0.15, 0.2) is 28.8 Å². The van der Waals surface area contributed by atoms with Crippen molar-refractivity contribution in [2.24, 2.45) is 5.92 Å². The Balaban J connectivity index is 2.74. The van der Waals surface area contributed by atoms with Gasteiger partial charge in [-0.2, -0.15) is 13.5 Å². The second-order valence-electron chi connectivity index (χ2n) is 9.13. The van der Waals surface area contributed by atoms with Crippen molar-refractivity contribution >= 4 is 31.3 Å². The Hall–Kier alpha value is -2.46. The molecular formula is C24H34N2O6S2. The number of aromatic nitrogens is 2. The van der Waals surface area contributed by atoms with Crippen LogP contribution in [0.5, 0.6) is 5.88 Å². The minimum absolute atomic E-state index is 0.0109. The summed E-state index contributed by atoms with van der Waals surface area (Å²) in [6, 6.07) is 2.88. The van der Waals surface area contributed by atoms with Crippen LogP contribution in [-0.4, -0.2) is 44.4 Å². The summed E-state index contributed by atoms with van der Waals surface area (Å²) < 4.78 is 56.8. The van der Waals surface area contributed by atoms with Crippen LogP contribution in [-0.2, 0) is 26.5 Å². The van der Waals surface area contributed by atoms with Crippen molar-refractivity contribution in [2.75, 3.05) is 12.0 Å². The lowest BCUT2D eigenvalue weighted by Gasteiger charge is -2.17. The summed E-state index contributed by atoms with van der Waals surface area (Å²) in [5.41, 5.74) is 2.90.